The van der Waals surface area contributed by atoms with E-state index in [4.69, 9.17) is 43.9 Å². The fourth-order valence-corrected chi connectivity index (χ4v) is 15.2. The number of aliphatic hydroxyl groups excluding tert-OH is 1. The topological polar surface area (TPSA) is 207 Å². The summed E-state index contributed by atoms with van der Waals surface area (Å²) in [5.41, 5.74) is 15.1. The molecular formula is C86H97Cl3N7O10P3. The molecule has 0 saturated heterocycles. The third-order valence-corrected chi connectivity index (χ3v) is 22.8. The Labute approximate surface area is 659 Å². The van der Waals surface area contributed by atoms with Crippen LogP contribution in [-0.2, 0) is 13.6 Å². The molecule has 0 saturated carbocycles. The largest absolute Gasteiger partial charge is 0.388 e. The highest BCUT2D eigenvalue weighted by molar-refractivity contribution is 7.57. The van der Waals surface area contributed by atoms with Crippen LogP contribution < -0.4 is 30.7 Å². The summed E-state index contributed by atoms with van der Waals surface area (Å²) in [6.45, 7) is 24.7. The molecule has 0 bridgehead atoms. The number of aryl methyl sites for hydroxylation is 6. The van der Waals surface area contributed by atoms with Crippen molar-refractivity contribution in [3.63, 3.8) is 0 Å². The first-order valence-corrected chi connectivity index (χ1v) is 44.1. The van der Waals surface area contributed by atoms with Crippen molar-refractivity contribution in [1.29, 1.82) is 0 Å². The second kappa shape index (κ2) is 38.5. The Bertz CT molecular complexity index is 4870. The number of hydrogen-bond acceptors (Lipinski definition) is 11. The third-order valence-electron chi connectivity index (χ3n) is 19.0. The van der Waals surface area contributed by atoms with Crippen molar-refractivity contribution < 1.29 is 47.5 Å². The van der Waals surface area contributed by atoms with Crippen LogP contribution in [0.25, 0.3) is 0 Å². The average molecular weight is 1590 g/mol. The highest BCUT2D eigenvalue weighted by atomic mass is 35.5. The molecule has 3 aliphatic rings. The summed E-state index contributed by atoms with van der Waals surface area (Å²) < 4.78 is 26.8. The summed E-state index contributed by atoms with van der Waals surface area (Å²) in [7, 11) is 1.06. The summed E-state index contributed by atoms with van der Waals surface area (Å²) >= 11 is 18.7. The van der Waals surface area contributed by atoms with Crippen LogP contribution in [0.4, 0.5) is 34.1 Å². The first-order chi connectivity index (χ1) is 51.8. The quantitative estimate of drug-likeness (QED) is 0.0753. The van der Waals surface area contributed by atoms with Crippen LogP contribution in [0.3, 0.4) is 0 Å². The monoisotopic (exact) mass is 1590 g/mol. The number of hydrogen-bond donors (Lipinski definition) is 4. The molecule has 3 unspecified atom stereocenters. The molecule has 0 aromatic heterocycles. The van der Waals surface area contributed by atoms with Gasteiger partial charge in [-0.3, -0.25) is 38.0 Å². The molecule has 3 heterocycles. The lowest BCUT2D eigenvalue weighted by Gasteiger charge is -2.26. The molecule has 0 aliphatic carbocycles. The Hall–Kier alpha value is -8.40. The van der Waals surface area contributed by atoms with Crippen molar-refractivity contribution in [2.24, 2.45) is 0 Å². The molecule has 3 aliphatic heterocycles. The van der Waals surface area contributed by atoms with Gasteiger partial charge in [0.05, 0.1) is 18.3 Å². The number of halogens is 3. The van der Waals surface area contributed by atoms with Crippen LogP contribution >= 0.6 is 58.4 Å². The normalized spacial score (nSPS) is 15.3. The molecular weight excluding hydrogens is 1490 g/mol. The van der Waals surface area contributed by atoms with Crippen molar-refractivity contribution in [2.45, 2.75) is 98.4 Å². The van der Waals surface area contributed by atoms with E-state index in [2.05, 4.69) is 61.4 Å². The maximum absolute atomic E-state index is 13.7. The van der Waals surface area contributed by atoms with Gasteiger partial charge in [0.2, 0.25) is 0 Å². The van der Waals surface area contributed by atoms with E-state index in [1.807, 2.05) is 131 Å². The number of amides is 6. The van der Waals surface area contributed by atoms with Gasteiger partial charge in [0.25, 0.3) is 35.4 Å². The van der Waals surface area contributed by atoms with Crippen LogP contribution in [0.2, 0.25) is 15.1 Å². The SMILES string of the molecule is CN(C)P(C)C.Cc1ccccc1C(=O)Nc1ccc(C(=O)N2CCCC(O)c3cc(Cl)ccc32)c(C)c1.Cc1ccccc1C(=O)Nc1ccc(C(=O)N2CCCC(OP(C)(C)=O)c3cc(Cl)ccc32)c(C)c1.Cc1ccccc1C(=O)Nc1ccc(C(=O)N2CCCC(OP(C)C)c3cc(Cl)ccc32)c(C)c1. The number of anilines is 6. The van der Waals surface area contributed by atoms with E-state index in [-0.39, 0.29) is 49.6 Å². The van der Waals surface area contributed by atoms with E-state index < -0.39 is 27.7 Å². The first-order valence-electron chi connectivity index (χ1n) is 36.1. The number of fused-ring (bicyclic) bond motifs is 3. The Morgan fingerprint density at radius 1 is 0.431 bits per heavy atom. The van der Waals surface area contributed by atoms with E-state index in [9.17, 15) is 38.4 Å². The molecule has 0 radical (unpaired) electrons. The summed E-state index contributed by atoms with van der Waals surface area (Å²) in [6.07, 6.45) is 3.10. The molecule has 0 fully saturated rings. The lowest BCUT2D eigenvalue weighted by Crippen LogP contribution is -2.32. The van der Waals surface area contributed by atoms with Crippen molar-refractivity contribution in [2.75, 3.05) is 104 Å². The third kappa shape index (κ3) is 22.4. The van der Waals surface area contributed by atoms with Gasteiger partial charge in [0, 0.05) is 140 Å². The Kier molecular flexibility index (Phi) is 29.9. The Morgan fingerprint density at radius 3 is 1.06 bits per heavy atom. The van der Waals surface area contributed by atoms with Gasteiger partial charge < -0.3 is 44.8 Å². The minimum atomic E-state index is -2.76. The van der Waals surface area contributed by atoms with Gasteiger partial charge in [0.1, 0.15) is 0 Å². The lowest BCUT2D eigenvalue weighted by atomic mass is 10.0. The smallest absolute Gasteiger partial charge is 0.258 e. The minimum Gasteiger partial charge on any atom is -0.388 e. The van der Waals surface area contributed by atoms with Gasteiger partial charge in [-0.25, -0.2) is 0 Å². The van der Waals surface area contributed by atoms with Crippen molar-refractivity contribution in [3.8, 4) is 0 Å². The summed E-state index contributed by atoms with van der Waals surface area (Å²) in [5.74, 6) is -0.910. The predicted molar refractivity (Wildman–Crippen MR) is 451 cm³/mol. The average Bonchev–Trinajstić information content (AvgIpc) is 1.78. The second-order valence-electron chi connectivity index (χ2n) is 28.3. The van der Waals surface area contributed by atoms with Crippen molar-refractivity contribution >= 4 is 128 Å². The van der Waals surface area contributed by atoms with E-state index in [0.29, 0.717) is 128 Å². The highest BCUT2D eigenvalue weighted by Gasteiger charge is 2.34. The maximum atomic E-state index is 13.7. The number of benzene rings is 9. The standard InChI is InChI=1S/C28H30ClN2O4P.C28H30ClN2O3P.C26H25ClN2O3.C4H12NP/c1-18-8-5-6-9-22(18)27(32)30-21-12-13-23(19(2)16-21)28(33)31-15-7-10-26(35-36(3,4)34)24-17-20(29)11-14-25(24)31;1-18-8-5-6-9-22(18)27(32)30-21-12-13-23(19(2)16-21)28(33)31-15-7-10-26(34-35(3)4)24-17-20(29)11-14-25(24)31;1-16-6-3-4-7-20(16)25(31)28-19-10-11-21(17(2)14-19)26(32)29-13-5-8-24(30)22-15-18(27)9-12-23(22)29;1-5(2)6(3)4/h5-6,8-9,11-14,16-17,26H,7,10,15H2,1-4H3,(H,30,32);5-6,8-9,11-14,16-17,26H,7,10,15H2,1-4H3,(H,30,32);3-4,6-7,9-12,14-15,24,30H,5,8,13H2,1-2H3,(H,28,31);1-4H3. The summed E-state index contributed by atoms with van der Waals surface area (Å²) in [4.78, 5) is 84.2. The Balaban J connectivity index is 0.000000181. The molecule has 0 spiro atoms. The van der Waals surface area contributed by atoms with Gasteiger partial charge in [-0.2, -0.15) is 0 Å². The van der Waals surface area contributed by atoms with Crippen LogP contribution in [0.15, 0.2) is 182 Å². The first kappa shape index (κ1) is 84.6. The molecule has 4 N–H and O–H groups in total. The maximum Gasteiger partial charge on any atom is 0.258 e. The zero-order valence-electron chi connectivity index (χ0n) is 64.3. The van der Waals surface area contributed by atoms with Gasteiger partial charge in [-0.05, 0) is 290 Å². The van der Waals surface area contributed by atoms with Crippen LogP contribution in [0.5, 0.6) is 0 Å². The highest BCUT2D eigenvalue weighted by Crippen LogP contribution is 2.49. The zero-order chi connectivity index (χ0) is 79.1. The number of rotatable bonds is 14. The molecule has 9 aromatic carbocycles. The van der Waals surface area contributed by atoms with Crippen molar-refractivity contribution in [3.05, 3.63) is 281 Å². The van der Waals surface area contributed by atoms with E-state index in [1.54, 1.807) is 120 Å². The molecule has 572 valence electrons. The number of nitrogens with zero attached hydrogens (tertiary/aromatic N) is 4. The van der Waals surface area contributed by atoms with Gasteiger partial charge >= 0.3 is 0 Å². The molecule has 23 heteroatoms. The van der Waals surface area contributed by atoms with Crippen LogP contribution in [-0.4, -0.2) is 119 Å². The van der Waals surface area contributed by atoms with Crippen LogP contribution in [0.1, 0.15) is 169 Å². The summed E-state index contributed by atoms with van der Waals surface area (Å²) in [6, 6.07) is 54.5. The molecule has 3 atom stereocenters. The molecule has 12 rings (SSSR count). The molecule has 17 nitrogen and oxygen atoms in total. The second-order valence-corrected chi connectivity index (χ2v) is 36.6. The number of carbonyl (C=O) groups excluding carboxylic acids is 6. The fourth-order valence-electron chi connectivity index (χ4n) is 13.1. The molecule has 109 heavy (non-hydrogen) atoms. The molecule has 6 amide bonds. The van der Waals surface area contributed by atoms with E-state index >= 15 is 0 Å². The lowest BCUT2D eigenvalue weighted by molar-refractivity contribution is 0.0978. The minimum absolute atomic E-state index is 0.0706. The summed E-state index contributed by atoms with van der Waals surface area (Å²) in [5, 5.41) is 21.0. The number of aliphatic hydroxyl groups is 1. The van der Waals surface area contributed by atoms with Gasteiger partial charge in [0.15, 0.2) is 7.37 Å². The van der Waals surface area contributed by atoms with Crippen LogP contribution in [0, 0.1) is 41.5 Å². The van der Waals surface area contributed by atoms with Crippen molar-refractivity contribution in [1.82, 2.24) is 4.67 Å². The van der Waals surface area contributed by atoms with E-state index in [0.717, 1.165) is 63.0 Å². The van der Waals surface area contributed by atoms with Gasteiger partial charge in [-0.15, -0.1) is 0 Å². The van der Waals surface area contributed by atoms with E-state index in [1.165, 1.54) is 0 Å². The predicted octanol–water partition coefficient (Wildman–Crippen LogP) is 21.5. The number of carbonyl (C=O) groups is 6. The Morgan fingerprint density at radius 2 is 0.743 bits per heavy atom. The zero-order valence-corrected chi connectivity index (χ0v) is 69.3. The fraction of sp³-hybridized carbons (Fsp3) is 0.302. The van der Waals surface area contributed by atoms with Gasteiger partial charge in [-0.1, -0.05) is 89.4 Å². The number of nitrogens with one attached hydrogen (secondary N) is 3. The molecule has 9 aromatic rings.